The number of aromatic nitrogens is 3. The van der Waals surface area contributed by atoms with Crippen molar-refractivity contribution in [1.82, 2.24) is 19.9 Å². The molecule has 9 nitrogen and oxygen atoms in total. The molecule has 2 aromatic heterocycles. The molecule has 178 valence electrons. The van der Waals surface area contributed by atoms with E-state index in [0.717, 1.165) is 0 Å². The summed E-state index contributed by atoms with van der Waals surface area (Å²) in [5.41, 5.74) is 2.49. The Hall–Kier alpha value is -4.11. The second kappa shape index (κ2) is 9.27. The van der Waals surface area contributed by atoms with Gasteiger partial charge < -0.3 is 24.6 Å². The van der Waals surface area contributed by atoms with Crippen LogP contribution in [-0.2, 0) is 0 Å². The SMILES string of the molecule is Cc1ccc(Oc2nc3nc(N4CCN(C(=O)c5ccccc5)CC4)c(Cl)cc3[nH]2)cc1C(=O)O. The van der Waals surface area contributed by atoms with E-state index in [1.54, 1.807) is 25.1 Å². The number of pyridine rings is 1. The van der Waals surface area contributed by atoms with Crippen LogP contribution in [0.3, 0.4) is 0 Å². The van der Waals surface area contributed by atoms with Gasteiger partial charge in [-0.2, -0.15) is 4.98 Å². The van der Waals surface area contributed by atoms with Crippen molar-refractivity contribution < 1.29 is 19.4 Å². The van der Waals surface area contributed by atoms with Gasteiger partial charge in [0.25, 0.3) is 5.91 Å². The number of benzene rings is 2. The Morgan fingerprint density at radius 2 is 1.77 bits per heavy atom. The van der Waals surface area contributed by atoms with E-state index in [1.807, 2.05) is 40.1 Å². The van der Waals surface area contributed by atoms with Gasteiger partial charge in [-0.1, -0.05) is 35.9 Å². The maximum Gasteiger partial charge on any atom is 0.336 e. The topological polar surface area (TPSA) is 112 Å². The van der Waals surface area contributed by atoms with Crippen LogP contribution in [0, 0.1) is 6.92 Å². The monoisotopic (exact) mass is 491 g/mol. The highest BCUT2D eigenvalue weighted by molar-refractivity contribution is 6.33. The zero-order valence-corrected chi connectivity index (χ0v) is 19.6. The number of hydrogen-bond donors (Lipinski definition) is 2. The molecule has 0 saturated carbocycles. The van der Waals surface area contributed by atoms with E-state index in [2.05, 4.69) is 15.0 Å². The van der Waals surface area contributed by atoms with Gasteiger partial charge in [-0.25, -0.2) is 9.78 Å². The van der Waals surface area contributed by atoms with Gasteiger partial charge in [-0.3, -0.25) is 4.79 Å². The fourth-order valence-corrected chi connectivity index (χ4v) is 4.32. The summed E-state index contributed by atoms with van der Waals surface area (Å²) in [6.45, 7) is 4.01. The average Bonchev–Trinajstić information content (AvgIpc) is 3.25. The number of halogens is 1. The molecular formula is C25H22ClN5O4. The van der Waals surface area contributed by atoms with Crippen LogP contribution >= 0.6 is 11.6 Å². The van der Waals surface area contributed by atoms with Crippen LogP contribution < -0.4 is 9.64 Å². The number of carboxylic acids is 1. The van der Waals surface area contributed by atoms with Crippen LogP contribution in [0.1, 0.15) is 26.3 Å². The Bertz CT molecular complexity index is 1410. The summed E-state index contributed by atoms with van der Waals surface area (Å²) in [6.07, 6.45) is 0. The number of anilines is 1. The molecular weight excluding hydrogens is 470 g/mol. The van der Waals surface area contributed by atoms with Crippen LogP contribution in [0.5, 0.6) is 11.8 Å². The summed E-state index contributed by atoms with van der Waals surface area (Å²) >= 11 is 6.54. The predicted octanol–water partition coefficient (Wildman–Crippen LogP) is 4.37. The maximum absolute atomic E-state index is 12.7. The first kappa shape index (κ1) is 22.7. The fourth-order valence-electron chi connectivity index (χ4n) is 4.05. The van der Waals surface area contributed by atoms with Gasteiger partial charge in [0.05, 0.1) is 16.1 Å². The van der Waals surface area contributed by atoms with E-state index in [0.29, 0.717) is 65.1 Å². The lowest BCUT2D eigenvalue weighted by atomic mass is 10.1. The fraction of sp³-hybridized carbons (Fsp3) is 0.200. The van der Waals surface area contributed by atoms with E-state index in [-0.39, 0.29) is 17.5 Å². The quantitative estimate of drug-likeness (QED) is 0.426. The van der Waals surface area contributed by atoms with Crippen LogP contribution in [0.2, 0.25) is 5.02 Å². The molecule has 2 aromatic carbocycles. The number of aromatic carboxylic acids is 1. The number of ether oxygens (including phenoxy) is 1. The predicted molar refractivity (Wildman–Crippen MR) is 132 cm³/mol. The number of imidazole rings is 1. The minimum atomic E-state index is -1.03. The van der Waals surface area contributed by atoms with Gasteiger partial charge in [0.2, 0.25) is 0 Å². The van der Waals surface area contributed by atoms with Crippen LogP contribution in [0.15, 0.2) is 54.6 Å². The number of nitrogens with zero attached hydrogens (tertiary/aromatic N) is 4. The lowest BCUT2D eigenvalue weighted by Gasteiger charge is -2.35. The third-order valence-corrected chi connectivity index (χ3v) is 6.21. The van der Waals surface area contributed by atoms with Gasteiger partial charge >= 0.3 is 12.0 Å². The summed E-state index contributed by atoms with van der Waals surface area (Å²) in [5, 5.41) is 9.79. The minimum Gasteiger partial charge on any atom is -0.478 e. The first-order valence-corrected chi connectivity index (χ1v) is 11.4. The molecule has 10 heteroatoms. The van der Waals surface area contributed by atoms with E-state index < -0.39 is 5.97 Å². The standard InChI is InChI=1S/C25H22ClN5O4/c1-15-7-8-17(13-18(15)24(33)34)35-25-27-20-14-19(26)22(28-21(20)29-25)30-9-11-31(12-10-30)23(32)16-5-3-2-4-6-16/h2-8,13-14H,9-12H2,1H3,(H,33,34)(H,27,28,29). The number of carboxylic acid groups (broad SMARTS) is 1. The molecule has 0 atom stereocenters. The third-order valence-electron chi connectivity index (χ3n) is 5.93. The van der Waals surface area contributed by atoms with Gasteiger partial charge in [0, 0.05) is 31.7 Å². The van der Waals surface area contributed by atoms with E-state index in [4.69, 9.17) is 16.3 Å². The van der Waals surface area contributed by atoms with Crippen molar-refractivity contribution in [2.45, 2.75) is 6.92 Å². The number of hydrogen-bond acceptors (Lipinski definition) is 6. The number of carbonyl (C=O) groups is 2. The Morgan fingerprint density at radius 1 is 1.03 bits per heavy atom. The lowest BCUT2D eigenvalue weighted by molar-refractivity contribution is 0.0694. The van der Waals surface area contributed by atoms with Gasteiger partial charge in [0.15, 0.2) is 5.65 Å². The molecule has 1 saturated heterocycles. The molecule has 0 radical (unpaired) electrons. The number of nitrogens with one attached hydrogen (secondary N) is 1. The van der Waals surface area contributed by atoms with Crippen molar-refractivity contribution in [3.8, 4) is 11.8 Å². The molecule has 0 bridgehead atoms. The molecule has 35 heavy (non-hydrogen) atoms. The number of amides is 1. The number of fused-ring (bicyclic) bond motifs is 1. The van der Waals surface area contributed by atoms with Gasteiger partial charge in [-0.05, 0) is 42.8 Å². The second-order valence-electron chi connectivity index (χ2n) is 8.24. The lowest BCUT2D eigenvalue weighted by Crippen LogP contribution is -2.49. The first-order chi connectivity index (χ1) is 16.9. The van der Waals surface area contributed by atoms with Crippen molar-refractivity contribution in [3.63, 3.8) is 0 Å². The summed E-state index contributed by atoms with van der Waals surface area (Å²) in [6, 6.07) is 16.0. The highest BCUT2D eigenvalue weighted by Crippen LogP contribution is 2.30. The summed E-state index contributed by atoms with van der Waals surface area (Å²) in [7, 11) is 0. The molecule has 3 heterocycles. The van der Waals surface area contributed by atoms with Crippen molar-refractivity contribution in [2.75, 3.05) is 31.1 Å². The number of H-pyrrole nitrogens is 1. The van der Waals surface area contributed by atoms with Crippen molar-refractivity contribution >= 4 is 40.5 Å². The normalized spacial score (nSPS) is 13.8. The average molecular weight is 492 g/mol. The highest BCUT2D eigenvalue weighted by atomic mass is 35.5. The third kappa shape index (κ3) is 4.63. The number of aromatic amines is 1. The number of piperazine rings is 1. The summed E-state index contributed by atoms with van der Waals surface area (Å²) in [4.78, 5) is 40.0. The molecule has 0 aliphatic carbocycles. The molecule has 1 aliphatic heterocycles. The second-order valence-corrected chi connectivity index (χ2v) is 8.64. The van der Waals surface area contributed by atoms with Crippen LogP contribution in [0.25, 0.3) is 11.2 Å². The van der Waals surface area contributed by atoms with E-state index in [9.17, 15) is 14.7 Å². The number of carbonyl (C=O) groups excluding carboxylic acids is 1. The molecule has 1 aliphatic rings. The Labute approximate surface area is 205 Å². The molecule has 5 rings (SSSR count). The molecule has 4 aromatic rings. The van der Waals surface area contributed by atoms with Crippen LogP contribution in [-0.4, -0.2) is 63.0 Å². The Morgan fingerprint density at radius 3 is 2.49 bits per heavy atom. The summed E-state index contributed by atoms with van der Waals surface area (Å²) in [5.74, 6) is -0.0812. The van der Waals surface area contributed by atoms with Crippen molar-refractivity contribution in [1.29, 1.82) is 0 Å². The molecule has 1 amide bonds. The summed E-state index contributed by atoms with van der Waals surface area (Å²) < 4.78 is 5.75. The zero-order valence-electron chi connectivity index (χ0n) is 18.9. The van der Waals surface area contributed by atoms with Crippen molar-refractivity contribution in [2.24, 2.45) is 0 Å². The molecule has 0 spiro atoms. The number of rotatable bonds is 5. The van der Waals surface area contributed by atoms with E-state index >= 15 is 0 Å². The van der Waals surface area contributed by atoms with Crippen LogP contribution in [0.4, 0.5) is 5.82 Å². The minimum absolute atomic E-state index is 0.0102. The maximum atomic E-state index is 12.7. The molecule has 0 unspecified atom stereocenters. The molecule has 2 N–H and O–H groups in total. The van der Waals surface area contributed by atoms with Crippen molar-refractivity contribution in [3.05, 3.63) is 76.3 Å². The first-order valence-electron chi connectivity index (χ1n) is 11.1. The van der Waals surface area contributed by atoms with E-state index in [1.165, 1.54) is 6.07 Å². The largest absolute Gasteiger partial charge is 0.478 e. The Balaban J connectivity index is 1.32. The number of aryl methyl sites for hydroxylation is 1. The van der Waals surface area contributed by atoms with Gasteiger partial charge in [0.1, 0.15) is 11.6 Å². The Kier molecular flexibility index (Phi) is 6.00. The zero-order chi connectivity index (χ0) is 24.5. The van der Waals surface area contributed by atoms with Gasteiger partial charge in [-0.15, -0.1) is 0 Å². The molecule has 1 fully saturated rings. The highest BCUT2D eigenvalue weighted by Gasteiger charge is 2.25. The smallest absolute Gasteiger partial charge is 0.336 e.